The molecule has 0 bridgehead atoms. The van der Waals surface area contributed by atoms with E-state index in [-0.39, 0.29) is 11.9 Å². The van der Waals surface area contributed by atoms with Gasteiger partial charge >= 0.3 is 12.0 Å². The number of fused-ring (bicyclic) bond motifs is 1. The van der Waals surface area contributed by atoms with Crippen molar-refractivity contribution in [2.75, 3.05) is 20.2 Å². The zero-order valence-electron chi connectivity index (χ0n) is 14.2. The zero-order chi connectivity index (χ0) is 17.8. The van der Waals surface area contributed by atoms with Crippen LogP contribution in [-0.4, -0.2) is 42.2 Å². The molecular formula is C19H22N2O4. The molecule has 132 valence electrons. The van der Waals surface area contributed by atoms with E-state index >= 15 is 0 Å². The summed E-state index contributed by atoms with van der Waals surface area (Å²) in [6.45, 7) is 1.42. The molecule has 6 nitrogen and oxygen atoms in total. The van der Waals surface area contributed by atoms with Crippen molar-refractivity contribution in [1.29, 1.82) is 0 Å². The lowest BCUT2D eigenvalue weighted by molar-refractivity contribution is -0.143. The number of nitrogens with zero attached hydrogens (tertiary/aromatic N) is 1. The van der Waals surface area contributed by atoms with Gasteiger partial charge in [0.15, 0.2) is 0 Å². The van der Waals surface area contributed by atoms with Gasteiger partial charge in [0.1, 0.15) is 5.75 Å². The molecule has 0 unspecified atom stereocenters. The molecule has 0 aliphatic carbocycles. The summed E-state index contributed by atoms with van der Waals surface area (Å²) in [6, 6.07) is 11.8. The van der Waals surface area contributed by atoms with E-state index in [2.05, 4.69) is 5.32 Å². The van der Waals surface area contributed by atoms with Crippen LogP contribution in [0.15, 0.2) is 36.4 Å². The Morgan fingerprint density at radius 2 is 1.84 bits per heavy atom. The van der Waals surface area contributed by atoms with Crippen molar-refractivity contribution in [3.63, 3.8) is 0 Å². The number of benzene rings is 2. The third kappa shape index (κ3) is 4.02. The van der Waals surface area contributed by atoms with E-state index in [1.165, 1.54) is 0 Å². The van der Waals surface area contributed by atoms with Crippen LogP contribution in [-0.2, 0) is 11.3 Å². The monoisotopic (exact) mass is 342 g/mol. The Balaban J connectivity index is 1.57. The van der Waals surface area contributed by atoms with Gasteiger partial charge in [-0.1, -0.05) is 18.2 Å². The van der Waals surface area contributed by atoms with Gasteiger partial charge in [0.05, 0.1) is 13.0 Å². The molecular weight excluding hydrogens is 320 g/mol. The van der Waals surface area contributed by atoms with Crippen LogP contribution in [0.2, 0.25) is 0 Å². The highest BCUT2D eigenvalue weighted by molar-refractivity contribution is 5.84. The lowest BCUT2D eigenvalue weighted by Crippen LogP contribution is -2.45. The maximum absolute atomic E-state index is 12.2. The minimum absolute atomic E-state index is 0.140. The molecule has 0 aromatic heterocycles. The number of urea groups is 1. The number of carboxylic acid groups (broad SMARTS) is 1. The number of rotatable bonds is 4. The fourth-order valence-electron chi connectivity index (χ4n) is 3.13. The summed E-state index contributed by atoms with van der Waals surface area (Å²) in [7, 11) is 1.64. The van der Waals surface area contributed by atoms with Crippen molar-refractivity contribution < 1.29 is 19.4 Å². The normalized spacial score (nSPS) is 15.2. The lowest BCUT2D eigenvalue weighted by Gasteiger charge is -2.30. The molecule has 1 fully saturated rings. The Bertz CT molecular complexity index is 782. The van der Waals surface area contributed by atoms with Gasteiger partial charge in [0, 0.05) is 19.6 Å². The number of carboxylic acids is 1. The number of likely N-dealkylation sites (tertiary alicyclic amines) is 1. The molecule has 0 spiro atoms. The van der Waals surface area contributed by atoms with E-state index in [0.29, 0.717) is 32.5 Å². The molecule has 3 rings (SSSR count). The van der Waals surface area contributed by atoms with E-state index in [4.69, 9.17) is 9.84 Å². The average molecular weight is 342 g/mol. The molecule has 1 heterocycles. The predicted octanol–water partition coefficient (Wildman–Crippen LogP) is 2.85. The maximum atomic E-state index is 12.2. The fraction of sp³-hybridized carbons (Fsp3) is 0.368. The van der Waals surface area contributed by atoms with E-state index in [9.17, 15) is 9.59 Å². The van der Waals surface area contributed by atoms with Crippen LogP contribution in [0.3, 0.4) is 0 Å². The largest absolute Gasteiger partial charge is 0.497 e. The van der Waals surface area contributed by atoms with Gasteiger partial charge < -0.3 is 20.1 Å². The Hall–Kier alpha value is -2.76. The second kappa shape index (κ2) is 7.42. The summed E-state index contributed by atoms with van der Waals surface area (Å²) in [5.41, 5.74) is 1.02. The minimum Gasteiger partial charge on any atom is -0.497 e. The number of methoxy groups -OCH3 is 1. The highest BCUT2D eigenvalue weighted by Gasteiger charge is 2.26. The van der Waals surface area contributed by atoms with Gasteiger partial charge in [-0.3, -0.25) is 4.79 Å². The molecule has 1 aliphatic heterocycles. The molecule has 2 aromatic carbocycles. The van der Waals surface area contributed by atoms with Crippen molar-refractivity contribution in [1.82, 2.24) is 10.2 Å². The third-order valence-corrected chi connectivity index (χ3v) is 4.69. The van der Waals surface area contributed by atoms with Crippen molar-refractivity contribution in [3.05, 3.63) is 42.0 Å². The number of hydrogen-bond acceptors (Lipinski definition) is 3. The molecule has 2 N–H and O–H groups in total. The summed E-state index contributed by atoms with van der Waals surface area (Å²) >= 11 is 0. The smallest absolute Gasteiger partial charge is 0.317 e. The molecule has 0 saturated carbocycles. The van der Waals surface area contributed by atoms with Crippen LogP contribution < -0.4 is 10.1 Å². The Morgan fingerprint density at radius 1 is 1.16 bits per heavy atom. The number of nitrogens with one attached hydrogen (secondary N) is 1. The fourth-order valence-corrected chi connectivity index (χ4v) is 3.13. The first-order chi connectivity index (χ1) is 12.1. The van der Waals surface area contributed by atoms with E-state index in [0.717, 1.165) is 22.1 Å². The lowest BCUT2D eigenvalue weighted by atomic mass is 9.97. The van der Waals surface area contributed by atoms with Crippen molar-refractivity contribution in [2.45, 2.75) is 19.4 Å². The summed E-state index contributed by atoms with van der Waals surface area (Å²) in [6.07, 6.45) is 1.03. The number of carbonyl (C=O) groups is 2. The molecule has 1 saturated heterocycles. The Kier molecular flexibility index (Phi) is 5.07. The van der Waals surface area contributed by atoms with Gasteiger partial charge in [0.2, 0.25) is 0 Å². The number of amides is 2. The summed E-state index contributed by atoms with van der Waals surface area (Å²) in [5, 5.41) is 14.1. The third-order valence-electron chi connectivity index (χ3n) is 4.69. The molecule has 2 amide bonds. The van der Waals surface area contributed by atoms with Crippen LogP contribution in [0.25, 0.3) is 10.8 Å². The van der Waals surface area contributed by atoms with Crippen LogP contribution in [0.1, 0.15) is 18.4 Å². The van der Waals surface area contributed by atoms with Gasteiger partial charge in [-0.2, -0.15) is 0 Å². The number of piperidine rings is 1. The second-order valence-corrected chi connectivity index (χ2v) is 6.31. The average Bonchev–Trinajstić information content (AvgIpc) is 2.65. The van der Waals surface area contributed by atoms with Crippen molar-refractivity contribution >= 4 is 22.8 Å². The van der Waals surface area contributed by atoms with E-state index in [1.807, 2.05) is 36.4 Å². The van der Waals surface area contributed by atoms with E-state index in [1.54, 1.807) is 12.0 Å². The molecule has 0 radical (unpaired) electrons. The molecule has 0 atom stereocenters. The predicted molar refractivity (Wildman–Crippen MR) is 94.7 cm³/mol. The van der Waals surface area contributed by atoms with Crippen LogP contribution in [0, 0.1) is 5.92 Å². The minimum atomic E-state index is -0.771. The first-order valence-corrected chi connectivity index (χ1v) is 8.39. The summed E-state index contributed by atoms with van der Waals surface area (Å²) in [5.74, 6) is -0.285. The molecule has 1 aliphatic rings. The Morgan fingerprint density at radius 3 is 2.52 bits per heavy atom. The number of carbonyl (C=O) groups excluding carboxylic acids is 1. The summed E-state index contributed by atoms with van der Waals surface area (Å²) < 4.78 is 5.22. The Labute approximate surface area is 146 Å². The summed E-state index contributed by atoms with van der Waals surface area (Å²) in [4.78, 5) is 24.9. The highest BCUT2D eigenvalue weighted by Crippen LogP contribution is 2.22. The topological polar surface area (TPSA) is 78.9 Å². The van der Waals surface area contributed by atoms with Crippen molar-refractivity contribution in [3.8, 4) is 5.75 Å². The van der Waals surface area contributed by atoms with Gasteiger partial charge in [-0.25, -0.2) is 4.79 Å². The van der Waals surface area contributed by atoms with Crippen LogP contribution in [0.5, 0.6) is 5.75 Å². The standard InChI is InChI=1S/C19H22N2O4/c1-25-17-5-4-15-10-13(2-3-16(15)11-17)12-20-19(24)21-8-6-14(7-9-21)18(22)23/h2-5,10-11,14H,6-9,12H2,1H3,(H,20,24)(H,22,23). The maximum Gasteiger partial charge on any atom is 0.317 e. The van der Waals surface area contributed by atoms with Crippen LogP contribution in [0.4, 0.5) is 4.79 Å². The first-order valence-electron chi connectivity index (χ1n) is 8.39. The van der Waals surface area contributed by atoms with Gasteiger partial charge in [-0.15, -0.1) is 0 Å². The van der Waals surface area contributed by atoms with E-state index < -0.39 is 5.97 Å². The van der Waals surface area contributed by atoms with Crippen molar-refractivity contribution in [2.24, 2.45) is 5.92 Å². The molecule has 25 heavy (non-hydrogen) atoms. The van der Waals surface area contributed by atoms with Gasteiger partial charge in [-0.05, 0) is 47.4 Å². The second-order valence-electron chi connectivity index (χ2n) is 6.31. The van der Waals surface area contributed by atoms with Crippen LogP contribution >= 0.6 is 0 Å². The van der Waals surface area contributed by atoms with Gasteiger partial charge in [0.25, 0.3) is 0 Å². The number of aliphatic carboxylic acids is 1. The number of hydrogen-bond donors (Lipinski definition) is 2. The first kappa shape index (κ1) is 17.1. The SMILES string of the molecule is COc1ccc2cc(CNC(=O)N3CCC(C(=O)O)CC3)ccc2c1. The highest BCUT2D eigenvalue weighted by atomic mass is 16.5. The number of ether oxygens (including phenoxy) is 1. The quantitative estimate of drug-likeness (QED) is 0.895. The zero-order valence-corrected chi connectivity index (χ0v) is 14.2. The molecule has 2 aromatic rings. The molecule has 6 heteroatoms.